The minimum absolute atomic E-state index is 0. The lowest BCUT2D eigenvalue weighted by molar-refractivity contribution is -0.135. The van der Waals surface area contributed by atoms with Crippen LogP contribution in [0.3, 0.4) is 0 Å². The second kappa shape index (κ2) is 13.9. The second-order valence-corrected chi connectivity index (χ2v) is 9.60. The van der Waals surface area contributed by atoms with E-state index in [0.29, 0.717) is 17.4 Å². The number of amides is 1. The van der Waals surface area contributed by atoms with Gasteiger partial charge < -0.3 is 20.3 Å². The van der Waals surface area contributed by atoms with E-state index in [1.54, 1.807) is 0 Å². The molecule has 0 bridgehead atoms. The minimum Gasteiger partial charge on any atom is -0.382 e. The molecule has 7 heteroatoms. The summed E-state index contributed by atoms with van der Waals surface area (Å²) in [4.78, 5) is 20.0. The number of aliphatic imine (C=N–C) groups is 1. The Morgan fingerprint density at radius 2 is 1.84 bits per heavy atom. The Bertz CT molecular complexity index is 560. The first kappa shape index (κ1) is 26.7. The SMILES string of the molecule is CCNC(=NCC1(CCOCC)CCCC1)NC1CCN(C(=O)C2CCCCC2)C1.I. The molecular weight excluding hydrogens is 503 g/mol. The van der Waals surface area contributed by atoms with Crippen molar-refractivity contribution < 1.29 is 9.53 Å². The molecule has 1 unspecified atom stereocenters. The molecule has 0 spiro atoms. The smallest absolute Gasteiger partial charge is 0.225 e. The summed E-state index contributed by atoms with van der Waals surface area (Å²) < 4.78 is 5.65. The molecule has 0 aromatic heterocycles. The van der Waals surface area contributed by atoms with Gasteiger partial charge >= 0.3 is 0 Å². The maximum absolute atomic E-state index is 12.9. The lowest BCUT2D eigenvalue weighted by atomic mass is 9.83. The van der Waals surface area contributed by atoms with E-state index in [9.17, 15) is 4.79 Å². The van der Waals surface area contributed by atoms with Gasteiger partial charge in [0.15, 0.2) is 5.96 Å². The molecular formula is C24H45IN4O2. The Kier molecular flexibility index (Phi) is 11.9. The molecule has 1 heterocycles. The monoisotopic (exact) mass is 548 g/mol. The van der Waals surface area contributed by atoms with Crippen LogP contribution >= 0.6 is 24.0 Å². The van der Waals surface area contributed by atoms with Gasteiger partial charge in [-0.1, -0.05) is 32.1 Å². The Labute approximate surface area is 206 Å². The van der Waals surface area contributed by atoms with Crippen LogP contribution in [0, 0.1) is 11.3 Å². The van der Waals surface area contributed by atoms with Gasteiger partial charge in [0.2, 0.25) is 5.91 Å². The third kappa shape index (κ3) is 8.06. The van der Waals surface area contributed by atoms with E-state index in [1.165, 1.54) is 44.9 Å². The molecule has 2 aliphatic carbocycles. The quantitative estimate of drug-likeness (QED) is 0.195. The summed E-state index contributed by atoms with van der Waals surface area (Å²) in [6, 6.07) is 0.304. The van der Waals surface area contributed by atoms with Crippen molar-refractivity contribution in [3.05, 3.63) is 0 Å². The van der Waals surface area contributed by atoms with E-state index in [2.05, 4.69) is 29.4 Å². The number of rotatable bonds is 9. The average molecular weight is 549 g/mol. The molecule has 2 saturated carbocycles. The van der Waals surface area contributed by atoms with Crippen molar-refractivity contribution in [2.75, 3.05) is 39.4 Å². The lowest BCUT2D eigenvalue weighted by Crippen LogP contribution is -2.46. The highest BCUT2D eigenvalue weighted by Gasteiger charge is 2.34. The van der Waals surface area contributed by atoms with Crippen molar-refractivity contribution in [3.63, 3.8) is 0 Å². The highest BCUT2D eigenvalue weighted by molar-refractivity contribution is 14.0. The van der Waals surface area contributed by atoms with Crippen LogP contribution in [0.2, 0.25) is 0 Å². The molecule has 3 aliphatic rings. The Balaban J connectivity index is 0.00000341. The second-order valence-electron chi connectivity index (χ2n) is 9.60. The summed E-state index contributed by atoms with van der Waals surface area (Å²) in [7, 11) is 0. The first-order valence-electron chi connectivity index (χ1n) is 12.6. The number of carbonyl (C=O) groups excluding carboxylic acids is 1. The van der Waals surface area contributed by atoms with Gasteiger partial charge in [-0.3, -0.25) is 9.79 Å². The number of hydrogen-bond acceptors (Lipinski definition) is 3. The highest BCUT2D eigenvalue weighted by Crippen LogP contribution is 2.41. The van der Waals surface area contributed by atoms with Gasteiger partial charge in [0.05, 0.1) is 0 Å². The summed E-state index contributed by atoms with van der Waals surface area (Å²) in [6.45, 7) is 9.24. The fourth-order valence-corrected chi connectivity index (χ4v) is 5.49. The predicted octanol–water partition coefficient (Wildman–Crippen LogP) is 4.33. The number of hydrogen-bond donors (Lipinski definition) is 2. The van der Waals surface area contributed by atoms with Crippen molar-refractivity contribution >= 4 is 35.8 Å². The van der Waals surface area contributed by atoms with E-state index >= 15 is 0 Å². The van der Waals surface area contributed by atoms with Crippen molar-refractivity contribution in [3.8, 4) is 0 Å². The largest absolute Gasteiger partial charge is 0.382 e. The molecule has 0 aromatic rings. The first-order valence-corrected chi connectivity index (χ1v) is 12.6. The maximum Gasteiger partial charge on any atom is 0.225 e. The average Bonchev–Trinajstić information content (AvgIpc) is 3.43. The van der Waals surface area contributed by atoms with Crippen LogP contribution in [0.5, 0.6) is 0 Å². The van der Waals surface area contributed by atoms with E-state index in [-0.39, 0.29) is 29.9 Å². The Morgan fingerprint density at radius 1 is 1.10 bits per heavy atom. The number of ether oxygens (including phenoxy) is 1. The van der Waals surface area contributed by atoms with Crippen LogP contribution in [0.25, 0.3) is 0 Å². The van der Waals surface area contributed by atoms with Gasteiger partial charge in [-0.2, -0.15) is 0 Å². The van der Waals surface area contributed by atoms with Crippen molar-refractivity contribution in [2.24, 2.45) is 16.3 Å². The zero-order chi connectivity index (χ0) is 21.2. The molecule has 1 amide bonds. The van der Waals surface area contributed by atoms with Gasteiger partial charge in [0.1, 0.15) is 0 Å². The van der Waals surface area contributed by atoms with Gasteiger partial charge in [0, 0.05) is 51.4 Å². The molecule has 3 rings (SSSR count). The molecule has 1 saturated heterocycles. The normalized spacial score (nSPS) is 24.1. The predicted molar refractivity (Wildman–Crippen MR) is 138 cm³/mol. The number of nitrogens with one attached hydrogen (secondary N) is 2. The van der Waals surface area contributed by atoms with Crippen LogP contribution in [-0.4, -0.2) is 62.2 Å². The molecule has 0 radical (unpaired) electrons. The third-order valence-electron chi connectivity index (χ3n) is 7.36. The zero-order valence-corrected chi connectivity index (χ0v) is 22.1. The van der Waals surface area contributed by atoms with Crippen LogP contribution in [-0.2, 0) is 9.53 Å². The van der Waals surface area contributed by atoms with Crippen molar-refractivity contribution in [2.45, 2.75) is 90.5 Å². The number of carbonyl (C=O) groups is 1. The minimum atomic E-state index is 0. The van der Waals surface area contributed by atoms with E-state index in [1.807, 2.05) is 0 Å². The summed E-state index contributed by atoms with van der Waals surface area (Å²) in [5.41, 5.74) is 0.302. The van der Waals surface area contributed by atoms with Crippen LogP contribution in [0.1, 0.15) is 84.5 Å². The number of guanidine groups is 1. The third-order valence-corrected chi connectivity index (χ3v) is 7.36. The summed E-state index contributed by atoms with van der Waals surface area (Å²) >= 11 is 0. The molecule has 2 N–H and O–H groups in total. The zero-order valence-electron chi connectivity index (χ0n) is 19.8. The molecule has 180 valence electrons. The molecule has 1 atom stereocenters. The van der Waals surface area contributed by atoms with E-state index < -0.39 is 0 Å². The molecule has 6 nitrogen and oxygen atoms in total. The Hall–Kier alpha value is -0.570. The standard InChI is InChI=1S/C24H44N4O2.HI/c1-3-25-23(26-19-24(13-8-9-14-24)15-17-30-4-2)27-21-12-16-28(18-21)22(29)20-10-6-5-7-11-20;/h20-21H,3-19H2,1-2H3,(H2,25,26,27);1H. The topological polar surface area (TPSA) is 66.0 Å². The highest BCUT2D eigenvalue weighted by atomic mass is 127. The van der Waals surface area contributed by atoms with Gasteiger partial charge in [-0.05, 0) is 57.8 Å². The molecule has 0 aromatic carbocycles. The summed E-state index contributed by atoms with van der Waals surface area (Å²) in [5.74, 6) is 1.57. The van der Waals surface area contributed by atoms with E-state index in [4.69, 9.17) is 9.73 Å². The fraction of sp³-hybridized carbons (Fsp3) is 0.917. The molecule has 1 aliphatic heterocycles. The lowest BCUT2D eigenvalue weighted by Gasteiger charge is -2.28. The number of likely N-dealkylation sites (tertiary alicyclic amines) is 1. The van der Waals surface area contributed by atoms with Gasteiger partial charge in [-0.25, -0.2) is 0 Å². The summed E-state index contributed by atoms with van der Waals surface area (Å²) in [6.07, 6.45) is 13.2. The van der Waals surface area contributed by atoms with Crippen molar-refractivity contribution in [1.82, 2.24) is 15.5 Å². The van der Waals surface area contributed by atoms with Gasteiger partial charge in [0.25, 0.3) is 0 Å². The van der Waals surface area contributed by atoms with Crippen LogP contribution < -0.4 is 10.6 Å². The number of nitrogens with zero attached hydrogens (tertiary/aromatic N) is 2. The Morgan fingerprint density at radius 3 is 2.52 bits per heavy atom. The van der Waals surface area contributed by atoms with E-state index in [0.717, 1.165) is 71.0 Å². The summed E-state index contributed by atoms with van der Waals surface area (Å²) in [5, 5.41) is 7.06. The first-order chi connectivity index (χ1) is 14.7. The number of halogens is 1. The van der Waals surface area contributed by atoms with Crippen LogP contribution in [0.4, 0.5) is 0 Å². The van der Waals surface area contributed by atoms with Crippen LogP contribution in [0.15, 0.2) is 4.99 Å². The fourth-order valence-electron chi connectivity index (χ4n) is 5.49. The maximum atomic E-state index is 12.9. The van der Waals surface area contributed by atoms with Gasteiger partial charge in [-0.15, -0.1) is 24.0 Å². The molecule has 31 heavy (non-hydrogen) atoms. The molecule has 3 fully saturated rings. The van der Waals surface area contributed by atoms with Crippen molar-refractivity contribution in [1.29, 1.82) is 0 Å².